The third-order valence-electron chi connectivity index (χ3n) is 6.32. The fraction of sp³-hybridized carbons (Fsp3) is 0.304. The van der Waals surface area contributed by atoms with Gasteiger partial charge in [-0.05, 0) is 37.1 Å². The predicted molar refractivity (Wildman–Crippen MR) is 132 cm³/mol. The first kappa shape index (κ1) is 23.8. The van der Waals surface area contributed by atoms with Gasteiger partial charge < -0.3 is 5.73 Å². The van der Waals surface area contributed by atoms with Gasteiger partial charge in [-0.15, -0.1) is 0 Å². The minimum atomic E-state index is -3.45. The largest absolute Gasteiger partial charge is 0.369 e. The molecule has 1 fully saturated rings. The summed E-state index contributed by atoms with van der Waals surface area (Å²) in [6.45, 7) is 1.29. The molecular formula is C23H23N7O5S. The number of primary amides is 1. The molecule has 0 aromatic carbocycles. The second kappa shape index (κ2) is 8.91. The van der Waals surface area contributed by atoms with Crippen LogP contribution in [-0.2, 0) is 14.6 Å². The van der Waals surface area contributed by atoms with Crippen molar-refractivity contribution in [3.05, 3.63) is 57.5 Å². The van der Waals surface area contributed by atoms with E-state index in [2.05, 4.69) is 15.0 Å². The number of pyridine rings is 3. The number of hydrogen-bond donors (Lipinski definition) is 2. The molecular weight excluding hydrogens is 486 g/mol. The summed E-state index contributed by atoms with van der Waals surface area (Å²) in [5.41, 5.74) is 6.52. The summed E-state index contributed by atoms with van der Waals surface area (Å²) in [7, 11) is -3.45. The number of aromatic amines is 1. The second-order valence-electron chi connectivity index (χ2n) is 8.84. The average Bonchev–Trinajstić information content (AvgIpc) is 2.84. The maximum absolute atomic E-state index is 13.0. The number of hydrogen-bond acceptors (Lipinski definition) is 9. The number of rotatable bonds is 5. The van der Waals surface area contributed by atoms with Gasteiger partial charge in [-0.1, -0.05) is 0 Å². The number of nitrogens with zero attached hydrogens (tertiary/aromatic N) is 5. The number of amides is 1. The Hall–Kier alpha value is -3.97. The summed E-state index contributed by atoms with van der Waals surface area (Å²) in [6.07, 6.45) is 5.08. The fourth-order valence-corrected chi connectivity index (χ4v) is 5.17. The Morgan fingerprint density at radius 3 is 2.50 bits per heavy atom. The Morgan fingerprint density at radius 1 is 1.11 bits per heavy atom. The van der Waals surface area contributed by atoms with E-state index in [0.29, 0.717) is 53.7 Å². The van der Waals surface area contributed by atoms with E-state index < -0.39 is 27.0 Å². The molecule has 12 nitrogen and oxygen atoms in total. The van der Waals surface area contributed by atoms with Crippen LogP contribution >= 0.6 is 0 Å². The molecule has 13 heteroatoms. The zero-order chi connectivity index (χ0) is 25.6. The first-order valence-corrected chi connectivity index (χ1v) is 13.1. The number of carbonyl (C=O) groups is 1. The molecule has 1 saturated heterocycles. The number of nitrogens with one attached hydrogen (secondary N) is 1. The number of piperidine rings is 1. The van der Waals surface area contributed by atoms with Gasteiger partial charge in [0.15, 0.2) is 14.9 Å². The number of aromatic nitrogens is 5. The second-order valence-corrected chi connectivity index (χ2v) is 10.8. The van der Waals surface area contributed by atoms with Gasteiger partial charge in [0.1, 0.15) is 5.52 Å². The number of fused-ring (bicyclic) bond motifs is 3. The van der Waals surface area contributed by atoms with E-state index in [-0.39, 0.29) is 23.0 Å². The van der Waals surface area contributed by atoms with Gasteiger partial charge in [0, 0.05) is 43.3 Å². The molecule has 0 unspecified atom stereocenters. The molecule has 1 aliphatic heterocycles. The van der Waals surface area contributed by atoms with Crippen LogP contribution in [0.4, 0.5) is 0 Å². The molecule has 5 heterocycles. The minimum absolute atomic E-state index is 0.0535. The van der Waals surface area contributed by atoms with Crippen LogP contribution in [0.2, 0.25) is 0 Å². The number of H-pyrrole nitrogens is 1. The quantitative estimate of drug-likeness (QED) is 0.357. The molecule has 36 heavy (non-hydrogen) atoms. The van der Waals surface area contributed by atoms with Gasteiger partial charge in [0.05, 0.1) is 28.7 Å². The monoisotopic (exact) mass is 509 g/mol. The average molecular weight is 510 g/mol. The number of sulfone groups is 1. The number of likely N-dealkylation sites (tertiary alicyclic amines) is 1. The van der Waals surface area contributed by atoms with Crippen molar-refractivity contribution in [2.24, 2.45) is 5.73 Å². The lowest BCUT2D eigenvalue weighted by Gasteiger charge is -2.32. The summed E-state index contributed by atoms with van der Waals surface area (Å²) in [6, 6.07) is 6.22. The molecule has 4 aromatic heterocycles. The smallest absolute Gasteiger partial charge is 0.329 e. The summed E-state index contributed by atoms with van der Waals surface area (Å²) < 4.78 is 25.1. The topological polar surface area (TPSA) is 174 Å². The van der Waals surface area contributed by atoms with Crippen LogP contribution < -0.4 is 17.0 Å². The Balaban J connectivity index is 1.65. The van der Waals surface area contributed by atoms with Gasteiger partial charge in [0.2, 0.25) is 5.91 Å². The normalized spacial score (nSPS) is 15.5. The lowest BCUT2D eigenvalue weighted by atomic mass is 10.0. The zero-order valence-corrected chi connectivity index (χ0v) is 20.2. The van der Waals surface area contributed by atoms with Crippen molar-refractivity contribution in [3.63, 3.8) is 0 Å². The highest BCUT2D eigenvalue weighted by molar-refractivity contribution is 7.90. The predicted octanol–water partition coefficient (Wildman–Crippen LogP) is 0.221. The molecule has 0 aliphatic carbocycles. The van der Waals surface area contributed by atoms with E-state index >= 15 is 0 Å². The van der Waals surface area contributed by atoms with Crippen LogP contribution in [0.3, 0.4) is 0 Å². The van der Waals surface area contributed by atoms with Crippen molar-refractivity contribution in [2.75, 3.05) is 25.9 Å². The lowest BCUT2D eigenvalue weighted by Crippen LogP contribution is -2.42. The van der Waals surface area contributed by atoms with Crippen LogP contribution in [0.5, 0.6) is 0 Å². The Labute approximate surface area is 204 Å². The van der Waals surface area contributed by atoms with Crippen molar-refractivity contribution in [1.82, 2.24) is 29.4 Å². The van der Waals surface area contributed by atoms with Crippen molar-refractivity contribution in [3.8, 4) is 11.3 Å². The number of nitrogens with two attached hydrogens (primary N) is 1. The lowest BCUT2D eigenvalue weighted by molar-refractivity contribution is -0.119. The van der Waals surface area contributed by atoms with Gasteiger partial charge >= 0.3 is 5.69 Å². The Bertz CT molecular complexity index is 1720. The molecule has 186 valence electrons. The first-order valence-electron chi connectivity index (χ1n) is 11.2. The van der Waals surface area contributed by atoms with Crippen LogP contribution in [0.15, 0.2) is 51.3 Å². The van der Waals surface area contributed by atoms with Crippen molar-refractivity contribution < 1.29 is 13.2 Å². The summed E-state index contributed by atoms with van der Waals surface area (Å²) in [5, 5.41) is 0.180. The highest BCUT2D eigenvalue weighted by atomic mass is 32.2. The van der Waals surface area contributed by atoms with Crippen LogP contribution in [-0.4, -0.2) is 69.6 Å². The highest BCUT2D eigenvalue weighted by Crippen LogP contribution is 2.28. The summed E-state index contributed by atoms with van der Waals surface area (Å²) in [5.74, 6) is -0.409. The van der Waals surface area contributed by atoms with Crippen molar-refractivity contribution in [2.45, 2.75) is 23.9 Å². The molecule has 4 aromatic rings. The molecule has 0 bridgehead atoms. The van der Waals surface area contributed by atoms with E-state index in [0.717, 1.165) is 6.26 Å². The molecule has 0 radical (unpaired) electrons. The molecule has 1 amide bonds. The third kappa shape index (κ3) is 4.38. The van der Waals surface area contributed by atoms with E-state index in [1.165, 1.54) is 18.5 Å². The van der Waals surface area contributed by atoms with Crippen LogP contribution in [0.1, 0.15) is 18.9 Å². The van der Waals surface area contributed by atoms with Crippen molar-refractivity contribution >= 4 is 37.7 Å². The van der Waals surface area contributed by atoms with Gasteiger partial charge in [-0.25, -0.2) is 23.2 Å². The molecule has 0 atom stereocenters. The highest BCUT2D eigenvalue weighted by Gasteiger charge is 2.25. The third-order valence-corrected chi connectivity index (χ3v) is 7.33. The molecule has 3 N–H and O–H groups in total. The van der Waals surface area contributed by atoms with E-state index in [9.17, 15) is 22.8 Å². The molecule has 0 saturated carbocycles. The van der Waals surface area contributed by atoms with Crippen molar-refractivity contribution in [1.29, 1.82) is 0 Å². The first-order chi connectivity index (χ1) is 17.1. The molecule has 5 rings (SSSR count). The van der Waals surface area contributed by atoms with Crippen LogP contribution in [0, 0.1) is 0 Å². The fourth-order valence-electron chi connectivity index (χ4n) is 4.61. The maximum atomic E-state index is 13.0. The standard InChI is InChI=1S/C23H23N7O5S/c1-36(34,35)19-5-2-13(10-26-19)16-3-4-17-20(27-16)21-15(11-25-17)22(32)28-23(33)30(21)14-6-8-29(9-7-14)12-18(24)31/h2-5,10-11,14H,6-9,12H2,1H3,(H2,24,31)(H,28,32,33). The van der Waals surface area contributed by atoms with Gasteiger partial charge in [0.25, 0.3) is 5.56 Å². The maximum Gasteiger partial charge on any atom is 0.329 e. The Kier molecular flexibility index (Phi) is 5.88. The van der Waals surface area contributed by atoms with E-state index in [4.69, 9.17) is 10.7 Å². The van der Waals surface area contributed by atoms with Crippen LogP contribution in [0.25, 0.3) is 33.2 Å². The summed E-state index contributed by atoms with van der Waals surface area (Å²) >= 11 is 0. The van der Waals surface area contributed by atoms with E-state index in [1.807, 2.05) is 4.90 Å². The SMILES string of the molecule is CS(=O)(=O)c1ccc(-c2ccc3ncc4c(=O)[nH]c(=O)n(C5CCN(CC(N)=O)CC5)c4c3n2)cn1. The van der Waals surface area contributed by atoms with E-state index in [1.54, 1.807) is 22.8 Å². The molecule has 0 spiro atoms. The zero-order valence-electron chi connectivity index (χ0n) is 19.3. The van der Waals surface area contributed by atoms with Gasteiger partial charge in [-0.2, -0.15) is 0 Å². The minimum Gasteiger partial charge on any atom is -0.369 e. The Morgan fingerprint density at radius 2 is 1.86 bits per heavy atom. The summed E-state index contributed by atoms with van der Waals surface area (Å²) in [4.78, 5) is 54.4. The molecule has 1 aliphatic rings. The van der Waals surface area contributed by atoms with Gasteiger partial charge in [-0.3, -0.25) is 29.0 Å². The number of carbonyl (C=O) groups excluding carboxylic acids is 1.